The summed E-state index contributed by atoms with van der Waals surface area (Å²) in [5, 5.41) is 15.9. The van der Waals surface area contributed by atoms with E-state index in [9.17, 15) is 14.7 Å². The van der Waals surface area contributed by atoms with Gasteiger partial charge in [0.2, 0.25) is 11.8 Å². The lowest BCUT2D eigenvalue weighted by molar-refractivity contribution is -0.142. The van der Waals surface area contributed by atoms with Gasteiger partial charge in [-0.15, -0.1) is 0 Å². The molecule has 4 atom stereocenters. The molecule has 186 valence electrons. The molecule has 1 saturated heterocycles. The molecule has 2 fully saturated rings. The Balaban J connectivity index is 1.23. The van der Waals surface area contributed by atoms with Crippen molar-refractivity contribution in [1.29, 1.82) is 0 Å². The monoisotopic (exact) mass is 480 g/mol. The van der Waals surface area contributed by atoms with E-state index in [0.29, 0.717) is 25.3 Å². The Kier molecular flexibility index (Phi) is 6.92. The summed E-state index contributed by atoms with van der Waals surface area (Å²) in [4.78, 5) is 25.0. The van der Waals surface area contributed by atoms with Gasteiger partial charge in [-0.3, -0.25) is 9.59 Å². The van der Waals surface area contributed by atoms with Gasteiger partial charge < -0.3 is 30.0 Å². The van der Waals surface area contributed by atoms with Gasteiger partial charge in [-0.2, -0.15) is 0 Å². The van der Waals surface area contributed by atoms with Gasteiger partial charge in [0, 0.05) is 35.7 Å². The summed E-state index contributed by atoms with van der Waals surface area (Å²) in [6.45, 7) is 0.167. The minimum Gasteiger partial charge on any atom is -0.496 e. The highest BCUT2D eigenvalue weighted by Gasteiger charge is 2.46. The number of amides is 2. The molecule has 0 spiro atoms. The maximum absolute atomic E-state index is 12.7. The van der Waals surface area contributed by atoms with Crippen molar-refractivity contribution in [3.05, 3.63) is 53.6 Å². The molecule has 2 amide bonds. The molecule has 8 heteroatoms. The molecule has 2 aromatic carbocycles. The Morgan fingerprint density at radius 3 is 2.71 bits per heavy atom. The molecule has 2 aliphatic heterocycles. The number of rotatable bonds is 9. The van der Waals surface area contributed by atoms with E-state index in [1.54, 1.807) is 7.11 Å². The lowest BCUT2D eigenvalue weighted by Gasteiger charge is -2.37. The van der Waals surface area contributed by atoms with Crippen LogP contribution in [-0.4, -0.2) is 48.9 Å². The highest BCUT2D eigenvalue weighted by atomic mass is 16.6. The van der Waals surface area contributed by atoms with Crippen LogP contribution in [0.15, 0.2) is 42.5 Å². The van der Waals surface area contributed by atoms with Gasteiger partial charge in [0.25, 0.3) is 0 Å². The van der Waals surface area contributed by atoms with E-state index in [0.717, 1.165) is 41.2 Å². The van der Waals surface area contributed by atoms with Crippen LogP contribution in [0.25, 0.3) is 0 Å². The summed E-state index contributed by atoms with van der Waals surface area (Å²) in [7, 11) is 1.60. The summed E-state index contributed by atoms with van der Waals surface area (Å²) in [5.41, 5.74) is 2.63. The standard InChI is InChI=1S/C27H32N2O6/c1-33-22-5-3-2-4-17(22)14-28-25(31)13-19-12-21-20-11-18(29-26(32)10-16-6-7-16)8-9-23(20)35-27(21)24(15-30)34-19/h2-5,8-9,11,16,19,21,24,27,30H,6-7,10,12-15H2,1H3,(H,28,31)(H,29,32)/t19-,21-,24-,27+/m1/s1. The molecule has 2 heterocycles. The number of carbonyl (C=O) groups excluding carboxylic acids is 2. The Bertz CT molecular complexity index is 1090. The largest absolute Gasteiger partial charge is 0.496 e. The number of benzene rings is 2. The zero-order valence-corrected chi connectivity index (χ0v) is 19.9. The van der Waals surface area contributed by atoms with Crippen LogP contribution in [0, 0.1) is 5.92 Å². The molecular weight excluding hydrogens is 448 g/mol. The number of methoxy groups -OCH3 is 1. The third-order valence-corrected chi connectivity index (χ3v) is 7.04. The van der Waals surface area contributed by atoms with Crippen LogP contribution in [-0.2, 0) is 20.9 Å². The number of nitrogens with one attached hydrogen (secondary N) is 2. The van der Waals surface area contributed by atoms with E-state index in [4.69, 9.17) is 14.2 Å². The normalized spacial score (nSPS) is 24.6. The zero-order chi connectivity index (χ0) is 24.4. The third-order valence-electron chi connectivity index (χ3n) is 7.04. The smallest absolute Gasteiger partial charge is 0.224 e. The first kappa shape index (κ1) is 23.6. The topological polar surface area (TPSA) is 106 Å². The van der Waals surface area contributed by atoms with Gasteiger partial charge in [0.15, 0.2) is 0 Å². The fraction of sp³-hybridized carbons (Fsp3) is 0.481. The number of carbonyl (C=O) groups is 2. The lowest BCUT2D eigenvalue weighted by Crippen LogP contribution is -2.47. The van der Waals surface area contributed by atoms with Crippen LogP contribution < -0.4 is 20.1 Å². The van der Waals surface area contributed by atoms with Crippen molar-refractivity contribution in [1.82, 2.24) is 5.32 Å². The number of aliphatic hydroxyl groups is 1. The second-order valence-electron chi connectivity index (χ2n) is 9.64. The molecule has 2 aromatic rings. The minimum absolute atomic E-state index is 0.0248. The molecule has 0 radical (unpaired) electrons. The number of hydrogen-bond acceptors (Lipinski definition) is 6. The number of ether oxygens (including phenoxy) is 3. The first-order valence-corrected chi connectivity index (χ1v) is 12.3. The minimum atomic E-state index is -0.527. The lowest BCUT2D eigenvalue weighted by atomic mass is 9.84. The van der Waals surface area contributed by atoms with Gasteiger partial charge in [0.1, 0.15) is 23.7 Å². The molecule has 3 aliphatic rings. The third kappa shape index (κ3) is 5.44. The molecule has 0 aromatic heterocycles. The van der Waals surface area contributed by atoms with Crippen LogP contribution in [0.5, 0.6) is 11.5 Å². The van der Waals surface area contributed by atoms with E-state index >= 15 is 0 Å². The quantitative estimate of drug-likeness (QED) is 0.509. The second-order valence-corrected chi connectivity index (χ2v) is 9.64. The Labute approximate surface area is 205 Å². The second kappa shape index (κ2) is 10.3. The number of fused-ring (bicyclic) bond motifs is 3. The number of hydrogen-bond donors (Lipinski definition) is 3. The van der Waals surface area contributed by atoms with E-state index < -0.39 is 6.10 Å². The summed E-state index contributed by atoms with van der Waals surface area (Å²) < 4.78 is 17.5. The van der Waals surface area contributed by atoms with E-state index in [1.807, 2.05) is 42.5 Å². The first-order valence-electron chi connectivity index (χ1n) is 12.3. The van der Waals surface area contributed by atoms with Crippen LogP contribution in [0.1, 0.15) is 49.1 Å². The van der Waals surface area contributed by atoms with E-state index in [-0.39, 0.29) is 43.0 Å². The highest BCUT2D eigenvalue weighted by Crippen LogP contribution is 2.47. The molecule has 0 bridgehead atoms. The Morgan fingerprint density at radius 2 is 1.94 bits per heavy atom. The molecule has 1 saturated carbocycles. The molecule has 8 nitrogen and oxygen atoms in total. The first-order chi connectivity index (χ1) is 17.0. The fourth-order valence-corrected chi connectivity index (χ4v) is 5.08. The highest BCUT2D eigenvalue weighted by molar-refractivity contribution is 5.91. The van der Waals surface area contributed by atoms with Crippen LogP contribution in [0.3, 0.4) is 0 Å². The number of aliphatic hydroxyl groups excluding tert-OH is 1. The summed E-state index contributed by atoms with van der Waals surface area (Å²) in [6.07, 6.45) is 2.40. The maximum atomic E-state index is 12.7. The number of anilines is 1. The average molecular weight is 481 g/mol. The van der Waals surface area contributed by atoms with Crippen molar-refractivity contribution >= 4 is 17.5 Å². The van der Waals surface area contributed by atoms with Crippen molar-refractivity contribution in [3.8, 4) is 11.5 Å². The summed E-state index contributed by atoms with van der Waals surface area (Å²) in [6, 6.07) is 13.2. The van der Waals surface area contributed by atoms with Gasteiger partial charge in [0.05, 0.1) is 26.2 Å². The van der Waals surface area contributed by atoms with E-state index in [1.165, 1.54) is 0 Å². The average Bonchev–Trinajstić information content (AvgIpc) is 3.60. The van der Waals surface area contributed by atoms with E-state index in [2.05, 4.69) is 10.6 Å². The fourth-order valence-electron chi connectivity index (χ4n) is 5.08. The molecule has 5 rings (SSSR count). The maximum Gasteiger partial charge on any atom is 0.224 e. The molecule has 1 aliphatic carbocycles. The zero-order valence-electron chi connectivity index (χ0n) is 19.9. The molecule has 35 heavy (non-hydrogen) atoms. The van der Waals surface area contributed by atoms with Crippen LogP contribution in [0.2, 0.25) is 0 Å². The van der Waals surface area contributed by atoms with Crippen LogP contribution in [0.4, 0.5) is 5.69 Å². The SMILES string of the molecule is COc1ccccc1CNC(=O)C[C@H]1C[C@@H]2c3cc(NC(=O)CC4CC4)ccc3O[C@@H]2[C@@H](CO)O1. The number of para-hydroxylation sites is 1. The van der Waals surface area contributed by atoms with Gasteiger partial charge >= 0.3 is 0 Å². The molecular formula is C27H32N2O6. The van der Waals surface area contributed by atoms with Gasteiger partial charge in [-0.25, -0.2) is 0 Å². The van der Waals surface area contributed by atoms with Gasteiger partial charge in [-0.05, 0) is 49.4 Å². The summed E-state index contributed by atoms with van der Waals surface area (Å²) in [5.74, 6) is 1.87. The molecule has 3 N–H and O–H groups in total. The van der Waals surface area contributed by atoms with Gasteiger partial charge in [-0.1, -0.05) is 18.2 Å². The Hall–Kier alpha value is -3.10. The van der Waals surface area contributed by atoms with Crippen molar-refractivity contribution in [2.45, 2.75) is 62.9 Å². The van der Waals surface area contributed by atoms with Crippen molar-refractivity contribution in [2.24, 2.45) is 5.92 Å². The molecule has 0 unspecified atom stereocenters. The van der Waals surface area contributed by atoms with Crippen LogP contribution >= 0.6 is 0 Å². The predicted molar refractivity (Wildman–Crippen MR) is 129 cm³/mol. The Morgan fingerprint density at radius 1 is 1.11 bits per heavy atom. The summed E-state index contributed by atoms with van der Waals surface area (Å²) >= 11 is 0. The van der Waals surface area contributed by atoms with Crippen molar-refractivity contribution < 1.29 is 28.9 Å². The van der Waals surface area contributed by atoms with Crippen molar-refractivity contribution in [3.63, 3.8) is 0 Å². The van der Waals surface area contributed by atoms with Crippen molar-refractivity contribution in [2.75, 3.05) is 19.0 Å². The predicted octanol–water partition coefficient (Wildman–Crippen LogP) is 3.13.